The number of carbonyl (C=O) groups is 1. The van der Waals surface area contributed by atoms with Gasteiger partial charge in [-0.15, -0.1) is 0 Å². The van der Waals surface area contributed by atoms with Gasteiger partial charge < -0.3 is 15.2 Å². The molecular weight excluding hydrogens is 392 g/mol. The highest BCUT2D eigenvalue weighted by Gasteiger charge is 2.31. The Hall–Kier alpha value is -2.13. The molecule has 0 bridgehead atoms. The molecule has 1 aliphatic rings. The Morgan fingerprint density at radius 3 is 2.56 bits per heavy atom. The first kappa shape index (κ1) is 19.6. The van der Waals surface area contributed by atoms with Crippen LogP contribution in [0.1, 0.15) is 23.2 Å². The van der Waals surface area contributed by atoms with E-state index in [9.17, 15) is 18.3 Å². The summed E-state index contributed by atoms with van der Waals surface area (Å²) in [7, 11) is -2.44. The van der Waals surface area contributed by atoms with Crippen LogP contribution >= 0.6 is 11.6 Å². The molecule has 0 aliphatic heterocycles. The summed E-state index contributed by atoms with van der Waals surface area (Å²) in [5, 5.41) is 12.3. The number of halogens is 1. The van der Waals surface area contributed by atoms with Crippen molar-refractivity contribution in [3.05, 3.63) is 53.1 Å². The number of amides is 1. The second-order valence-electron chi connectivity index (χ2n) is 6.24. The first-order chi connectivity index (χ1) is 12.8. The van der Waals surface area contributed by atoms with E-state index >= 15 is 0 Å². The fraction of sp³-hybridized carbons (Fsp3) is 0.278. The summed E-state index contributed by atoms with van der Waals surface area (Å²) >= 11 is 6.05. The van der Waals surface area contributed by atoms with E-state index in [2.05, 4.69) is 10.0 Å². The molecule has 0 unspecified atom stereocenters. The number of sulfonamides is 1. The summed E-state index contributed by atoms with van der Waals surface area (Å²) in [5.74, 6) is -0.311. The minimum absolute atomic E-state index is 0.0611. The molecule has 0 heterocycles. The normalized spacial score (nSPS) is 19.2. The summed E-state index contributed by atoms with van der Waals surface area (Å²) in [6.45, 7) is 0. The molecule has 144 valence electrons. The van der Waals surface area contributed by atoms with E-state index < -0.39 is 22.0 Å². The Morgan fingerprint density at radius 2 is 1.93 bits per heavy atom. The van der Waals surface area contributed by atoms with Crippen LogP contribution in [0.25, 0.3) is 0 Å². The van der Waals surface area contributed by atoms with Crippen molar-refractivity contribution in [2.75, 3.05) is 12.4 Å². The molecular formula is C18H19ClN2O5S. The van der Waals surface area contributed by atoms with Crippen LogP contribution in [0.3, 0.4) is 0 Å². The van der Waals surface area contributed by atoms with Gasteiger partial charge in [0.1, 0.15) is 5.75 Å². The number of para-hydroxylation sites is 1. The molecule has 0 saturated heterocycles. The Bertz CT molecular complexity index is 958. The fourth-order valence-electron chi connectivity index (χ4n) is 2.76. The Balaban J connectivity index is 1.87. The second-order valence-corrected chi connectivity index (χ2v) is 8.36. The molecule has 3 N–H and O–H groups in total. The summed E-state index contributed by atoms with van der Waals surface area (Å²) in [6, 6.07) is 10.4. The van der Waals surface area contributed by atoms with Gasteiger partial charge in [0.2, 0.25) is 10.0 Å². The predicted octanol–water partition coefficient (Wildman–Crippen LogP) is 2.40. The average molecular weight is 411 g/mol. The quantitative estimate of drug-likeness (QED) is 0.678. The van der Waals surface area contributed by atoms with Gasteiger partial charge in [-0.1, -0.05) is 23.7 Å². The van der Waals surface area contributed by atoms with Crippen LogP contribution in [-0.4, -0.2) is 38.7 Å². The molecule has 2 aromatic rings. The topological polar surface area (TPSA) is 105 Å². The molecule has 1 saturated carbocycles. The van der Waals surface area contributed by atoms with Crippen molar-refractivity contribution in [2.24, 2.45) is 0 Å². The van der Waals surface area contributed by atoms with Crippen molar-refractivity contribution >= 4 is 33.2 Å². The Labute approximate surface area is 162 Å². The van der Waals surface area contributed by atoms with Crippen molar-refractivity contribution in [3.63, 3.8) is 0 Å². The molecule has 0 aromatic heterocycles. The molecule has 1 aliphatic carbocycles. The zero-order chi connectivity index (χ0) is 19.6. The lowest BCUT2D eigenvalue weighted by atomic mass is 9.91. The fourth-order valence-corrected chi connectivity index (χ4v) is 4.23. The molecule has 0 spiro atoms. The van der Waals surface area contributed by atoms with E-state index in [1.165, 1.54) is 25.3 Å². The van der Waals surface area contributed by atoms with Gasteiger partial charge >= 0.3 is 0 Å². The molecule has 0 radical (unpaired) electrons. The number of methoxy groups -OCH3 is 1. The molecule has 27 heavy (non-hydrogen) atoms. The maximum Gasteiger partial charge on any atom is 0.259 e. The molecule has 9 heteroatoms. The minimum Gasteiger partial charge on any atom is -0.496 e. The smallest absolute Gasteiger partial charge is 0.259 e. The van der Waals surface area contributed by atoms with Crippen molar-refractivity contribution in [1.29, 1.82) is 0 Å². The van der Waals surface area contributed by atoms with E-state index in [1.807, 2.05) is 0 Å². The largest absolute Gasteiger partial charge is 0.496 e. The zero-order valence-electron chi connectivity index (χ0n) is 14.5. The van der Waals surface area contributed by atoms with Crippen molar-refractivity contribution in [2.45, 2.75) is 29.9 Å². The van der Waals surface area contributed by atoms with Gasteiger partial charge in [0.05, 0.1) is 34.4 Å². The number of carbonyl (C=O) groups excluding carboxylic acids is 1. The minimum atomic E-state index is -3.83. The van der Waals surface area contributed by atoms with Crippen LogP contribution in [0.15, 0.2) is 47.4 Å². The van der Waals surface area contributed by atoms with E-state index in [4.69, 9.17) is 16.3 Å². The van der Waals surface area contributed by atoms with Gasteiger partial charge in [-0.3, -0.25) is 4.79 Å². The van der Waals surface area contributed by atoms with Gasteiger partial charge in [-0.25, -0.2) is 13.1 Å². The van der Waals surface area contributed by atoms with E-state index in [0.29, 0.717) is 23.6 Å². The van der Waals surface area contributed by atoms with Gasteiger partial charge in [-0.05, 0) is 43.2 Å². The summed E-state index contributed by atoms with van der Waals surface area (Å²) in [4.78, 5) is 12.6. The third-order valence-electron chi connectivity index (χ3n) is 4.28. The Morgan fingerprint density at radius 1 is 1.22 bits per heavy atom. The summed E-state index contributed by atoms with van der Waals surface area (Å²) < 4.78 is 32.8. The van der Waals surface area contributed by atoms with Gasteiger partial charge in [-0.2, -0.15) is 0 Å². The van der Waals surface area contributed by atoms with Crippen LogP contribution in [0, 0.1) is 0 Å². The van der Waals surface area contributed by atoms with Crippen LogP contribution in [-0.2, 0) is 10.0 Å². The lowest BCUT2D eigenvalue weighted by Crippen LogP contribution is -2.46. The average Bonchev–Trinajstić information content (AvgIpc) is 2.61. The number of aliphatic hydroxyl groups excluding tert-OH is 1. The third-order valence-corrected chi connectivity index (χ3v) is 6.13. The van der Waals surface area contributed by atoms with E-state index in [1.54, 1.807) is 24.3 Å². The highest BCUT2D eigenvalue weighted by Crippen LogP contribution is 2.27. The van der Waals surface area contributed by atoms with Crippen molar-refractivity contribution in [3.8, 4) is 5.75 Å². The number of hydrogen-bond donors (Lipinski definition) is 3. The molecule has 7 nitrogen and oxygen atoms in total. The molecule has 0 atom stereocenters. The SMILES string of the molecule is COc1ccc(S(=O)(=O)N[C@H]2C[C@@H](O)C2)cc1C(=O)Nc1ccccc1Cl. The Kier molecular flexibility index (Phi) is 5.71. The number of aliphatic hydroxyl groups is 1. The first-order valence-electron chi connectivity index (χ1n) is 8.24. The molecule has 1 amide bonds. The maximum atomic E-state index is 12.7. The molecule has 3 rings (SSSR count). The number of nitrogens with one attached hydrogen (secondary N) is 2. The van der Waals surface area contributed by atoms with Crippen LogP contribution in [0.4, 0.5) is 5.69 Å². The predicted molar refractivity (Wildman–Crippen MR) is 102 cm³/mol. The van der Waals surface area contributed by atoms with Crippen LogP contribution < -0.4 is 14.8 Å². The summed E-state index contributed by atoms with van der Waals surface area (Å²) in [5.41, 5.74) is 0.468. The van der Waals surface area contributed by atoms with Crippen LogP contribution in [0.2, 0.25) is 5.02 Å². The highest BCUT2D eigenvalue weighted by molar-refractivity contribution is 7.89. The van der Waals surface area contributed by atoms with E-state index in [-0.39, 0.29) is 22.3 Å². The number of benzene rings is 2. The summed E-state index contributed by atoms with van der Waals surface area (Å²) in [6.07, 6.45) is 0.260. The maximum absolute atomic E-state index is 12.7. The molecule has 1 fully saturated rings. The number of anilines is 1. The monoisotopic (exact) mass is 410 g/mol. The zero-order valence-corrected chi connectivity index (χ0v) is 16.0. The lowest BCUT2D eigenvalue weighted by molar-refractivity contribution is 0.0712. The number of ether oxygens (including phenoxy) is 1. The van der Waals surface area contributed by atoms with Gasteiger partial charge in [0.25, 0.3) is 5.91 Å². The highest BCUT2D eigenvalue weighted by atomic mass is 35.5. The lowest BCUT2D eigenvalue weighted by Gasteiger charge is -2.31. The molecule has 2 aromatic carbocycles. The van der Waals surface area contributed by atoms with Crippen molar-refractivity contribution < 1.29 is 23.1 Å². The third kappa shape index (κ3) is 4.41. The second kappa shape index (κ2) is 7.85. The van der Waals surface area contributed by atoms with Crippen LogP contribution in [0.5, 0.6) is 5.75 Å². The standard InChI is InChI=1S/C18H19ClN2O5S/c1-26-17-7-6-13(27(24,25)21-11-8-12(22)9-11)10-14(17)18(23)20-16-5-3-2-4-15(16)19/h2-7,10-12,21-22H,8-9H2,1H3,(H,20,23)/t11-,12+. The van der Waals surface area contributed by atoms with Gasteiger partial charge in [0.15, 0.2) is 0 Å². The van der Waals surface area contributed by atoms with Gasteiger partial charge in [0, 0.05) is 6.04 Å². The first-order valence-corrected chi connectivity index (χ1v) is 10.1. The van der Waals surface area contributed by atoms with E-state index in [0.717, 1.165) is 0 Å². The van der Waals surface area contributed by atoms with Crippen molar-refractivity contribution in [1.82, 2.24) is 4.72 Å². The number of hydrogen-bond acceptors (Lipinski definition) is 5. The number of rotatable bonds is 6.